The smallest absolute Gasteiger partial charge is 0.137 e. The van der Waals surface area contributed by atoms with E-state index in [1.54, 1.807) is 0 Å². The number of hydrogen-bond donors (Lipinski definition) is 0. The fraction of sp³-hybridized carbons (Fsp3) is 0.261. The molecule has 0 N–H and O–H groups in total. The summed E-state index contributed by atoms with van der Waals surface area (Å²) in [6, 6.07) is 15.1. The van der Waals surface area contributed by atoms with E-state index in [4.69, 9.17) is 0 Å². The molecule has 3 rings (SSSR count). The highest BCUT2D eigenvalue weighted by atomic mass is 15.2. The van der Waals surface area contributed by atoms with Crippen LogP contribution in [0, 0.1) is 41.5 Å². The van der Waals surface area contributed by atoms with Gasteiger partial charge in [-0.15, -0.1) is 0 Å². The van der Waals surface area contributed by atoms with E-state index in [2.05, 4.69) is 81.8 Å². The molecule has 0 aliphatic carbocycles. The van der Waals surface area contributed by atoms with Gasteiger partial charge in [0.05, 0.1) is 11.4 Å². The highest BCUT2D eigenvalue weighted by molar-refractivity contribution is 5.82. The average Bonchev–Trinajstić information content (AvgIpc) is 2.52. The molecular weight excluding hydrogens is 304 g/mol. The largest absolute Gasteiger partial charge is 0.294 e. The summed E-state index contributed by atoms with van der Waals surface area (Å²) < 4.78 is 0. The van der Waals surface area contributed by atoms with Crippen molar-refractivity contribution in [2.45, 2.75) is 41.5 Å². The number of aromatic nitrogens is 1. The zero-order valence-electron chi connectivity index (χ0n) is 16.0. The number of rotatable bonds is 3. The molecule has 1 heterocycles. The summed E-state index contributed by atoms with van der Waals surface area (Å²) >= 11 is 0. The third-order valence-electron chi connectivity index (χ3n) is 4.60. The number of benzene rings is 2. The molecule has 0 aliphatic heterocycles. The molecule has 0 saturated carbocycles. The van der Waals surface area contributed by atoms with Crippen molar-refractivity contribution in [3.63, 3.8) is 0 Å². The summed E-state index contributed by atoms with van der Waals surface area (Å²) in [5, 5.41) is 0. The van der Waals surface area contributed by atoms with Crippen LogP contribution in [0.1, 0.15) is 33.4 Å². The van der Waals surface area contributed by atoms with E-state index in [1.807, 2.05) is 18.3 Å². The van der Waals surface area contributed by atoms with Crippen LogP contribution in [0.15, 0.2) is 48.7 Å². The minimum atomic E-state index is 0.951. The molecule has 25 heavy (non-hydrogen) atoms. The van der Waals surface area contributed by atoms with E-state index in [0.29, 0.717) is 0 Å². The van der Waals surface area contributed by atoms with Gasteiger partial charge in [-0.2, -0.15) is 0 Å². The zero-order chi connectivity index (χ0) is 18.1. The predicted octanol–water partition coefficient (Wildman–Crippen LogP) is 6.40. The second-order valence-corrected chi connectivity index (χ2v) is 7.02. The van der Waals surface area contributed by atoms with Gasteiger partial charge in [0.15, 0.2) is 0 Å². The van der Waals surface area contributed by atoms with Gasteiger partial charge in [-0.1, -0.05) is 41.5 Å². The lowest BCUT2D eigenvalue weighted by molar-refractivity contribution is 1.12. The van der Waals surface area contributed by atoms with Gasteiger partial charge in [-0.25, -0.2) is 4.98 Å². The normalized spacial score (nSPS) is 10.8. The first kappa shape index (κ1) is 17.2. The average molecular weight is 330 g/mol. The monoisotopic (exact) mass is 330 g/mol. The minimum absolute atomic E-state index is 0.951. The van der Waals surface area contributed by atoms with E-state index in [1.165, 1.54) is 44.8 Å². The Bertz CT molecular complexity index is 807. The van der Waals surface area contributed by atoms with Gasteiger partial charge in [0, 0.05) is 6.20 Å². The Balaban J connectivity index is 2.34. The molecule has 0 amide bonds. The molecule has 0 aliphatic rings. The Morgan fingerprint density at radius 1 is 0.640 bits per heavy atom. The Labute approximate surface area is 151 Å². The summed E-state index contributed by atoms with van der Waals surface area (Å²) in [5.74, 6) is 0.951. The summed E-state index contributed by atoms with van der Waals surface area (Å²) in [7, 11) is 0. The summed E-state index contributed by atoms with van der Waals surface area (Å²) in [6.45, 7) is 13.0. The van der Waals surface area contributed by atoms with Crippen molar-refractivity contribution >= 4 is 17.2 Å². The SMILES string of the molecule is Cc1cc(C)c(N(c2ccccn2)c2c(C)cc(C)cc2C)c(C)c1. The molecule has 0 spiro atoms. The fourth-order valence-electron chi connectivity index (χ4n) is 3.88. The summed E-state index contributed by atoms with van der Waals surface area (Å²) in [6.07, 6.45) is 1.86. The molecule has 2 nitrogen and oxygen atoms in total. The maximum Gasteiger partial charge on any atom is 0.137 e. The molecule has 0 atom stereocenters. The number of nitrogens with zero attached hydrogens (tertiary/aromatic N) is 2. The lowest BCUT2D eigenvalue weighted by Crippen LogP contribution is -2.16. The number of hydrogen-bond acceptors (Lipinski definition) is 2. The third kappa shape index (κ3) is 3.30. The maximum atomic E-state index is 4.67. The molecule has 0 fully saturated rings. The first-order chi connectivity index (χ1) is 11.9. The van der Waals surface area contributed by atoms with Gasteiger partial charge in [-0.3, -0.25) is 4.90 Å². The quantitative estimate of drug-likeness (QED) is 0.552. The number of pyridine rings is 1. The van der Waals surface area contributed by atoms with Crippen LogP contribution in [0.25, 0.3) is 0 Å². The maximum absolute atomic E-state index is 4.67. The van der Waals surface area contributed by atoms with Crippen molar-refractivity contribution in [1.29, 1.82) is 0 Å². The van der Waals surface area contributed by atoms with E-state index < -0.39 is 0 Å². The number of aryl methyl sites for hydroxylation is 6. The van der Waals surface area contributed by atoms with Crippen LogP contribution in [0.3, 0.4) is 0 Å². The van der Waals surface area contributed by atoms with Crippen LogP contribution in [-0.2, 0) is 0 Å². The lowest BCUT2D eigenvalue weighted by atomic mass is 9.99. The van der Waals surface area contributed by atoms with Crippen molar-refractivity contribution in [3.8, 4) is 0 Å². The van der Waals surface area contributed by atoms with Gasteiger partial charge >= 0.3 is 0 Å². The van der Waals surface area contributed by atoms with Crippen molar-refractivity contribution < 1.29 is 0 Å². The second kappa shape index (κ2) is 6.72. The van der Waals surface area contributed by atoms with Crippen molar-refractivity contribution in [2.75, 3.05) is 4.90 Å². The van der Waals surface area contributed by atoms with Crippen LogP contribution in [-0.4, -0.2) is 4.98 Å². The van der Waals surface area contributed by atoms with Gasteiger partial charge in [0.25, 0.3) is 0 Å². The molecule has 0 bridgehead atoms. The Morgan fingerprint density at radius 2 is 1.08 bits per heavy atom. The molecule has 0 saturated heterocycles. The molecule has 128 valence electrons. The van der Waals surface area contributed by atoms with E-state index in [0.717, 1.165) is 5.82 Å². The van der Waals surface area contributed by atoms with Gasteiger partial charge < -0.3 is 0 Å². The highest BCUT2D eigenvalue weighted by Gasteiger charge is 2.21. The molecule has 0 unspecified atom stereocenters. The van der Waals surface area contributed by atoms with E-state index >= 15 is 0 Å². The van der Waals surface area contributed by atoms with Crippen molar-refractivity contribution in [3.05, 3.63) is 82.0 Å². The Morgan fingerprint density at radius 3 is 1.44 bits per heavy atom. The molecule has 3 aromatic rings. The van der Waals surface area contributed by atoms with Gasteiger partial charge in [-0.05, 0) is 75.9 Å². The summed E-state index contributed by atoms with van der Waals surface area (Å²) in [4.78, 5) is 6.98. The molecule has 0 radical (unpaired) electrons. The first-order valence-corrected chi connectivity index (χ1v) is 8.75. The first-order valence-electron chi connectivity index (χ1n) is 8.75. The van der Waals surface area contributed by atoms with Crippen LogP contribution in [0.2, 0.25) is 0 Å². The third-order valence-corrected chi connectivity index (χ3v) is 4.60. The van der Waals surface area contributed by atoms with Crippen LogP contribution < -0.4 is 4.90 Å². The van der Waals surface area contributed by atoms with Crippen molar-refractivity contribution in [1.82, 2.24) is 4.98 Å². The standard InChI is InChI=1S/C23H26N2/c1-15-11-17(3)22(18(4)12-15)25(21-9-7-8-10-24-21)23-19(5)13-16(2)14-20(23)6/h7-14H,1-6H3. The van der Waals surface area contributed by atoms with Gasteiger partial charge in [0.1, 0.15) is 5.82 Å². The highest BCUT2D eigenvalue weighted by Crippen LogP contribution is 2.41. The fourth-order valence-corrected chi connectivity index (χ4v) is 3.88. The molecular formula is C23H26N2. The predicted molar refractivity (Wildman–Crippen MR) is 107 cm³/mol. The van der Waals surface area contributed by atoms with Crippen LogP contribution in [0.4, 0.5) is 17.2 Å². The number of anilines is 3. The van der Waals surface area contributed by atoms with Gasteiger partial charge in [0.2, 0.25) is 0 Å². The molecule has 2 aromatic carbocycles. The van der Waals surface area contributed by atoms with E-state index in [-0.39, 0.29) is 0 Å². The van der Waals surface area contributed by atoms with E-state index in [9.17, 15) is 0 Å². The topological polar surface area (TPSA) is 16.1 Å². The summed E-state index contributed by atoms with van der Waals surface area (Å²) in [5.41, 5.74) is 10.1. The minimum Gasteiger partial charge on any atom is -0.294 e. The Kier molecular flexibility index (Phi) is 4.63. The zero-order valence-corrected chi connectivity index (χ0v) is 16.0. The van der Waals surface area contributed by atoms with Crippen molar-refractivity contribution in [2.24, 2.45) is 0 Å². The second-order valence-electron chi connectivity index (χ2n) is 7.02. The molecule has 2 heteroatoms. The van der Waals surface area contributed by atoms with Crippen LogP contribution in [0.5, 0.6) is 0 Å². The van der Waals surface area contributed by atoms with Crippen LogP contribution >= 0.6 is 0 Å². The lowest BCUT2D eigenvalue weighted by Gasteiger charge is -2.30. The molecule has 1 aromatic heterocycles. The Hall–Kier alpha value is -2.61.